The standard InChI is InChI=1S/C22H19F3N2O3/c23-22(24,25)15-5-7-17-14(8-9-30-20(17)11-15)10-21(28)26-19-3-1-2-13-4-6-16(27-29)12-18(13)19/h1-3,5,7,10-11,29H,4,6,8-9,12H2,(H,26,28)/b14-10+,27-16-. The molecule has 1 amide bonds. The number of fused-ring (bicyclic) bond motifs is 2. The molecule has 2 aliphatic rings. The lowest BCUT2D eigenvalue weighted by molar-refractivity contribution is -0.137. The Labute approximate surface area is 170 Å². The summed E-state index contributed by atoms with van der Waals surface area (Å²) in [5.74, 6) is -0.254. The van der Waals surface area contributed by atoms with E-state index in [9.17, 15) is 18.0 Å². The van der Waals surface area contributed by atoms with Crippen LogP contribution in [0.3, 0.4) is 0 Å². The summed E-state index contributed by atoms with van der Waals surface area (Å²) in [7, 11) is 0. The number of oxime groups is 1. The lowest BCUT2D eigenvalue weighted by Gasteiger charge is -2.22. The van der Waals surface area contributed by atoms with Gasteiger partial charge in [0, 0.05) is 30.2 Å². The number of hydrogen-bond donors (Lipinski definition) is 2. The SMILES string of the molecule is O=C(/C=C1\CCOc2cc(C(F)(F)F)ccc21)Nc1cccc2c1C/C(=N\O)CC2. The summed E-state index contributed by atoms with van der Waals surface area (Å²) in [6.07, 6.45) is -0.790. The number of anilines is 1. The van der Waals surface area contributed by atoms with Crippen molar-refractivity contribution < 1.29 is 27.9 Å². The number of benzene rings is 2. The van der Waals surface area contributed by atoms with Crippen LogP contribution >= 0.6 is 0 Å². The predicted molar refractivity (Wildman–Crippen MR) is 106 cm³/mol. The summed E-state index contributed by atoms with van der Waals surface area (Å²) >= 11 is 0. The van der Waals surface area contributed by atoms with Crippen LogP contribution in [0.5, 0.6) is 5.75 Å². The number of halogens is 3. The third-order valence-corrected chi connectivity index (χ3v) is 5.33. The zero-order valence-corrected chi connectivity index (χ0v) is 15.9. The Morgan fingerprint density at radius 1 is 1.17 bits per heavy atom. The number of carbonyl (C=O) groups excluding carboxylic acids is 1. The van der Waals surface area contributed by atoms with Crippen molar-refractivity contribution in [2.75, 3.05) is 11.9 Å². The number of rotatable bonds is 2. The van der Waals surface area contributed by atoms with Crippen molar-refractivity contribution in [1.29, 1.82) is 0 Å². The maximum Gasteiger partial charge on any atom is 0.416 e. The van der Waals surface area contributed by atoms with E-state index in [0.29, 0.717) is 41.8 Å². The zero-order valence-electron chi connectivity index (χ0n) is 15.9. The van der Waals surface area contributed by atoms with Gasteiger partial charge in [-0.25, -0.2) is 0 Å². The second-order valence-electron chi connectivity index (χ2n) is 7.25. The second kappa shape index (κ2) is 7.85. The number of alkyl halides is 3. The van der Waals surface area contributed by atoms with Crippen LogP contribution in [0.4, 0.5) is 18.9 Å². The average Bonchev–Trinajstić information content (AvgIpc) is 2.73. The van der Waals surface area contributed by atoms with Crippen LogP contribution < -0.4 is 10.1 Å². The molecule has 2 aromatic carbocycles. The predicted octanol–water partition coefficient (Wildman–Crippen LogP) is 4.83. The van der Waals surface area contributed by atoms with Gasteiger partial charge in [0.05, 0.1) is 17.9 Å². The highest BCUT2D eigenvalue weighted by molar-refractivity contribution is 6.05. The fourth-order valence-corrected chi connectivity index (χ4v) is 3.82. The molecule has 0 saturated heterocycles. The first-order valence-electron chi connectivity index (χ1n) is 9.51. The summed E-state index contributed by atoms with van der Waals surface area (Å²) in [6.45, 7) is 0.199. The van der Waals surface area contributed by atoms with E-state index in [1.165, 1.54) is 12.1 Å². The Morgan fingerprint density at radius 3 is 2.77 bits per heavy atom. The van der Waals surface area contributed by atoms with Gasteiger partial charge < -0.3 is 15.3 Å². The van der Waals surface area contributed by atoms with Gasteiger partial charge in [0.25, 0.3) is 0 Å². The van der Waals surface area contributed by atoms with Gasteiger partial charge in [-0.3, -0.25) is 4.79 Å². The number of carbonyl (C=O) groups is 1. The van der Waals surface area contributed by atoms with Gasteiger partial charge in [0.15, 0.2) is 0 Å². The lowest BCUT2D eigenvalue weighted by Crippen LogP contribution is -2.18. The van der Waals surface area contributed by atoms with Crippen molar-refractivity contribution >= 4 is 22.9 Å². The largest absolute Gasteiger partial charge is 0.493 e. The van der Waals surface area contributed by atoms with Gasteiger partial charge in [0.1, 0.15) is 5.75 Å². The molecule has 0 fully saturated rings. The minimum Gasteiger partial charge on any atom is -0.493 e. The Morgan fingerprint density at radius 2 is 2.00 bits per heavy atom. The number of nitrogens with one attached hydrogen (secondary N) is 1. The number of hydrogen-bond acceptors (Lipinski definition) is 4. The summed E-state index contributed by atoms with van der Waals surface area (Å²) in [6, 6.07) is 8.90. The van der Waals surface area contributed by atoms with Crippen LogP contribution in [0.15, 0.2) is 47.6 Å². The molecule has 1 aliphatic carbocycles. The van der Waals surface area contributed by atoms with E-state index < -0.39 is 11.7 Å². The van der Waals surface area contributed by atoms with Crippen molar-refractivity contribution in [3.63, 3.8) is 0 Å². The van der Waals surface area contributed by atoms with E-state index in [-0.39, 0.29) is 18.3 Å². The van der Waals surface area contributed by atoms with Gasteiger partial charge >= 0.3 is 6.18 Å². The smallest absolute Gasteiger partial charge is 0.416 e. The number of ether oxygens (including phenoxy) is 1. The van der Waals surface area contributed by atoms with Gasteiger partial charge in [0.2, 0.25) is 5.91 Å². The van der Waals surface area contributed by atoms with Crippen LogP contribution in [0, 0.1) is 0 Å². The number of nitrogens with zero attached hydrogens (tertiary/aromatic N) is 1. The van der Waals surface area contributed by atoms with Crippen LogP contribution in [0.2, 0.25) is 0 Å². The van der Waals surface area contributed by atoms with Crippen LogP contribution in [-0.2, 0) is 23.8 Å². The normalized spacial score (nSPS) is 18.5. The van der Waals surface area contributed by atoms with Crippen molar-refractivity contribution in [3.05, 3.63) is 64.7 Å². The third-order valence-electron chi connectivity index (χ3n) is 5.33. The quantitative estimate of drug-likeness (QED) is 0.419. The Bertz CT molecular complexity index is 1060. The van der Waals surface area contributed by atoms with E-state index in [4.69, 9.17) is 9.94 Å². The van der Waals surface area contributed by atoms with Gasteiger partial charge in [-0.1, -0.05) is 23.4 Å². The third kappa shape index (κ3) is 4.03. The molecule has 1 heterocycles. The van der Waals surface area contributed by atoms with Crippen LogP contribution in [0.25, 0.3) is 5.57 Å². The van der Waals surface area contributed by atoms with Crippen LogP contribution in [-0.4, -0.2) is 23.4 Å². The summed E-state index contributed by atoms with van der Waals surface area (Å²) < 4.78 is 44.2. The minimum atomic E-state index is -4.46. The first kappa shape index (κ1) is 20.0. The highest BCUT2D eigenvalue weighted by Crippen LogP contribution is 2.38. The maximum atomic E-state index is 12.9. The molecule has 2 aromatic rings. The molecule has 4 rings (SSSR count). The molecule has 0 unspecified atom stereocenters. The number of amides is 1. The van der Waals surface area contributed by atoms with E-state index >= 15 is 0 Å². The first-order valence-corrected chi connectivity index (χ1v) is 9.51. The van der Waals surface area contributed by atoms with E-state index in [0.717, 1.165) is 29.7 Å². The molecule has 30 heavy (non-hydrogen) atoms. The molecule has 0 bridgehead atoms. The van der Waals surface area contributed by atoms with E-state index in [1.807, 2.05) is 12.1 Å². The molecule has 0 atom stereocenters. The molecular formula is C22H19F3N2O3. The molecule has 0 spiro atoms. The molecule has 8 heteroatoms. The van der Waals surface area contributed by atoms with Crippen molar-refractivity contribution in [3.8, 4) is 5.75 Å². The Balaban J connectivity index is 1.59. The molecule has 0 aromatic heterocycles. The molecule has 5 nitrogen and oxygen atoms in total. The summed E-state index contributed by atoms with van der Waals surface area (Å²) in [4.78, 5) is 12.7. The minimum absolute atomic E-state index is 0.121. The fourth-order valence-electron chi connectivity index (χ4n) is 3.82. The monoisotopic (exact) mass is 416 g/mol. The second-order valence-corrected chi connectivity index (χ2v) is 7.25. The highest BCUT2D eigenvalue weighted by Gasteiger charge is 2.32. The molecule has 0 radical (unpaired) electrons. The Kier molecular flexibility index (Phi) is 5.24. The molecular weight excluding hydrogens is 397 g/mol. The zero-order chi connectivity index (χ0) is 21.3. The van der Waals surface area contributed by atoms with Crippen molar-refractivity contribution in [2.45, 2.75) is 31.9 Å². The maximum absolute atomic E-state index is 12.9. The molecule has 2 N–H and O–H groups in total. The fraction of sp³-hybridized carbons (Fsp3) is 0.273. The molecule has 1 aliphatic heterocycles. The van der Waals surface area contributed by atoms with Crippen LogP contribution in [0.1, 0.15) is 35.1 Å². The number of aryl methyl sites for hydroxylation is 1. The first-order chi connectivity index (χ1) is 14.3. The van der Waals surface area contributed by atoms with Gasteiger partial charge in [-0.05, 0) is 47.7 Å². The van der Waals surface area contributed by atoms with Crippen molar-refractivity contribution in [1.82, 2.24) is 0 Å². The van der Waals surface area contributed by atoms with E-state index in [2.05, 4.69) is 10.5 Å². The van der Waals surface area contributed by atoms with E-state index in [1.54, 1.807) is 6.07 Å². The topological polar surface area (TPSA) is 70.9 Å². The Hall–Kier alpha value is -3.29. The summed E-state index contributed by atoms with van der Waals surface area (Å²) in [5.41, 5.74) is 3.59. The van der Waals surface area contributed by atoms with Gasteiger partial charge in [-0.2, -0.15) is 13.2 Å². The van der Waals surface area contributed by atoms with Gasteiger partial charge in [-0.15, -0.1) is 0 Å². The highest BCUT2D eigenvalue weighted by atomic mass is 19.4. The molecule has 156 valence electrons. The molecule has 0 saturated carbocycles. The summed E-state index contributed by atoms with van der Waals surface area (Å²) in [5, 5.41) is 15.2. The van der Waals surface area contributed by atoms with Crippen molar-refractivity contribution in [2.24, 2.45) is 5.16 Å². The average molecular weight is 416 g/mol. The lowest BCUT2D eigenvalue weighted by atomic mass is 9.89.